The maximum atomic E-state index is 4.75. The predicted octanol–water partition coefficient (Wildman–Crippen LogP) is 2.90. The van der Waals surface area contributed by atoms with Crippen LogP contribution in [-0.4, -0.2) is 54.6 Å². The molecule has 0 aliphatic heterocycles. The van der Waals surface area contributed by atoms with Crippen molar-refractivity contribution in [2.45, 2.75) is 26.8 Å². The average molecular weight is 307 g/mol. The number of nitrogens with one attached hydrogen (secondary N) is 1. The Balaban J connectivity index is 2.43. The van der Waals surface area contributed by atoms with E-state index in [0.717, 1.165) is 41.6 Å². The molecule has 0 radical (unpaired) electrons. The van der Waals surface area contributed by atoms with Crippen LogP contribution in [-0.2, 0) is 0 Å². The Morgan fingerprint density at radius 1 is 1.29 bits per heavy atom. The Morgan fingerprint density at radius 2 is 2.05 bits per heavy atom. The molecule has 0 amide bonds. The summed E-state index contributed by atoms with van der Waals surface area (Å²) >= 11 is 1.67. The monoisotopic (exact) mass is 307 g/mol. The summed E-state index contributed by atoms with van der Waals surface area (Å²) in [7, 11) is 4.21. The Hall–Kier alpha value is -1.40. The van der Waals surface area contributed by atoms with E-state index in [1.54, 1.807) is 11.3 Å². The zero-order chi connectivity index (χ0) is 15.4. The van der Waals surface area contributed by atoms with Crippen molar-refractivity contribution in [1.82, 2.24) is 14.9 Å². The first-order valence-corrected chi connectivity index (χ1v) is 8.35. The van der Waals surface area contributed by atoms with E-state index in [4.69, 9.17) is 4.98 Å². The molecule has 2 rings (SSSR count). The molecule has 6 heteroatoms. The van der Waals surface area contributed by atoms with Crippen LogP contribution in [0.4, 0.5) is 11.8 Å². The van der Waals surface area contributed by atoms with E-state index in [9.17, 15) is 0 Å². The lowest BCUT2D eigenvalue weighted by Gasteiger charge is -2.31. The highest BCUT2D eigenvalue weighted by molar-refractivity contribution is 7.16. The molecule has 5 nitrogen and oxygen atoms in total. The topological polar surface area (TPSA) is 44.3 Å². The average Bonchev–Trinajstić information content (AvgIpc) is 2.87. The zero-order valence-corrected chi connectivity index (χ0v) is 14.4. The number of anilines is 2. The van der Waals surface area contributed by atoms with Crippen molar-refractivity contribution < 1.29 is 0 Å². The third-order valence-corrected chi connectivity index (χ3v) is 4.22. The van der Waals surface area contributed by atoms with Crippen LogP contribution in [0.2, 0.25) is 0 Å². The fraction of sp³-hybridized carbons (Fsp3) is 0.600. The highest BCUT2D eigenvalue weighted by Gasteiger charge is 2.19. The second-order valence-electron chi connectivity index (χ2n) is 5.44. The van der Waals surface area contributed by atoms with Crippen molar-refractivity contribution in [3.05, 3.63) is 11.4 Å². The third-order valence-electron chi connectivity index (χ3n) is 3.41. The Morgan fingerprint density at radius 3 is 2.67 bits per heavy atom. The third kappa shape index (κ3) is 3.63. The summed E-state index contributed by atoms with van der Waals surface area (Å²) in [6, 6.07) is 2.52. The summed E-state index contributed by atoms with van der Waals surface area (Å²) in [5.41, 5.74) is 0. The maximum absolute atomic E-state index is 4.75. The van der Waals surface area contributed by atoms with Crippen LogP contribution >= 0.6 is 11.3 Å². The van der Waals surface area contributed by atoms with Gasteiger partial charge in [0, 0.05) is 25.7 Å². The summed E-state index contributed by atoms with van der Waals surface area (Å²) in [6.07, 6.45) is 0. The number of nitrogens with zero attached hydrogens (tertiary/aromatic N) is 4. The molecule has 0 bridgehead atoms. The molecule has 0 saturated carbocycles. The fourth-order valence-electron chi connectivity index (χ4n) is 2.59. The SMILES string of the molecule is CCNc1nc(N(CC)C(C)CN(C)C)c2ccsc2n1. The molecule has 1 unspecified atom stereocenters. The van der Waals surface area contributed by atoms with Crippen LogP contribution in [0.3, 0.4) is 0 Å². The van der Waals surface area contributed by atoms with Crippen LogP contribution in [0, 0.1) is 0 Å². The first-order valence-electron chi connectivity index (χ1n) is 7.47. The molecule has 1 atom stereocenters. The van der Waals surface area contributed by atoms with Crippen molar-refractivity contribution >= 4 is 33.3 Å². The Bertz CT molecular complexity index is 580. The van der Waals surface area contributed by atoms with E-state index in [2.05, 4.69) is 66.4 Å². The van der Waals surface area contributed by atoms with Crippen molar-refractivity contribution in [3.63, 3.8) is 0 Å². The van der Waals surface area contributed by atoms with Gasteiger partial charge in [0.25, 0.3) is 0 Å². The molecule has 0 aromatic carbocycles. The first-order chi connectivity index (χ1) is 10.1. The number of likely N-dealkylation sites (N-methyl/N-ethyl adjacent to an activating group) is 2. The van der Waals surface area contributed by atoms with Gasteiger partial charge in [0.15, 0.2) is 0 Å². The van der Waals surface area contributed by atoms with Crippen molar-refractivity contribution in [3.8, 4) is 0 Å². The number of hydrogen-bond donors (Lipinski definition) is 1. The van der Waals surface area contributed by atoms with Gasteiger partial charge in [-0.2, -0.15) is 4.98 Å². The van der Waals surface area contributed by atoms with Gasteiger partial charge in [-0.05, 0) is 46.3 Å². The van der Waals surface area contributed by atoms with Crippen LogP contribution in [0.15, 0.2) is 11.4 Å². The molecule has 2 heterocycles. The summed E-state index contributed by atoms with van der Waals surface area (Å²) < 4.78 is 0. The van der Waals surface area contributed by atoms with Crippen LogP contribution in [0.5, 0.6) is 0 Å². The van der Waals surface area contributed by atoms with E-state index < -0.39 is 0 Å². The highest BCUT2D eigenvalue weighted by Crippen LogP contribution is 2.30. The van der Waals surface area contributed by atoms with E-state index in [1.807, 2.05) is 0 Å². The van der Waals surface area contributed by atoms with Crippen molar-refractivity contribution in [2.24, 2.45) is 0 Å². The molecule has 21 heavy (non-hydrogen) atoms. The lowest BCUT2D eigenvalue weighted by Crippen LogP contribution is -2.40. The lowest BCUT2D eigenvalue weighted by molar-refractivity contribution is 0.372. The quantitative estimate of drug-likeness (QED) is 0.852. The number of fused-ring (bicyclic) bond motifs is 1. The Kier molecular flexibility index (Phi) is 5.36. The smallest absolute Gasteiger partial charge is 0.226 e. The van der Waals surface area contributed by atoms with Crippen LogP contribution in [0.1, 0.15) is 20.8 Å². The standard InChI is InChI=1S/C15H25N5S/c1-6-16-15-17-13(12-8-9-21-14(12)18-15)20(7-2)11(3)10-19(4)5/h8-9,11H,6-7,10H2,1-5H3,(H,16,17,18). The first kappa shape index (κ1) is 16.0. The number of aromatic nitrogens is 2. The molecule has 2 aromatic heterocycles. The van der Waals surface area contributed by atoms with E-state index in [0.29, 0.717) is 6.04 Å². The summed E-state index contributed by atoms with van der Waals surface area (Å²) in [6.45, 7) is 9.25. The van der Waals surface area contributed by atoms with Crippen molar-refractivity contribution in [2.75, 3.05) is 43.9 Å². The molecular formula is C15H25N5S. The number of thiophene rings is 1. The number of rotatable bonds is 7. The van der Waals surface area contributed by atoms with Gasteiger partial charge in [-0.3, -0.25) is 0 Å². The van der Waals surface area contributed by atoms with Crippen molar-refractivity contribution in [1.29, 1.82) is 0 Å². The summed E-state index contributed by atoms with van der Waals surface area (Å²) in [4.78, 5) is 15.0. The van der Waals surface area contributed by atoms with Crippen LogP contribution in [0.25, 0.3) is 10.2 Å². The molecule has 2 aromatic rings. The minimum atomic E-state index is 0.400. The van der Waals surface area contributed by atoms with Gasteiger partial charge in [0.05, 0.1) is 5.39 Å². The second kappa shape index (κ2) is 7.04. The van der Waals surface area contributed by atoms with Gasteiger partial charge in [0.1, 0.15) is 10.6 Å². The minimum absolute atomic E-state index is 0.400. The van der Waals surface area contributed by atoms with Gasteiger partial charge in [-0.15, -0.1) is 11.3 Å². The highest BCUT2D eigenvalue weighted by atomic mass is 32.1. The molecule has 0 fully saturated rings. The molecule has 0 aliphatic rings. The van der Waals surface area contributed by atoms with Crippen LogP contribution < -0.4 is 10.2 Å². The predicted molar refractivity (Wildman–Crippen MR) is 92.6 cm³/mol. The molecule has 0 aliphatic carbocycles. The molecular weight excluding hydrogens is 282 g/mol. The Labute approximate surface area is 131 Å². The van der Waals surface area contributed by atoms with Gasteiger partial charge < -0.3 is 15.1 Å². The van der Waals surface area contributed by atoms with Gasteiger partial charge in [-0.1, -0.05) is 0 Å². The van der Waals surface area contributed by atoms with Gasteiger partial charge in [0.2, 0.25) is 5.95 Å². The second-order valence-corrected chi connectivity index (χ2v) is 6.33. The van der Waals surface area contributed by atoms with E-state index >= 15 is 0 Å². The van der Waals surface area contributed by atoms with Gasteiger partial charge in [-0.25, -0.2) is 4.98 Å². The molecule has 0 spiro atoms. The summed E-state index contributed by atoms with van der Waals surface area (Å²) in [5.74, 6) is 1.76. The number of hydrogen-bond acceptors (Lipinski definition) is 6. The van der Waals surface area contributed by atoms with Gasteiger partial charge >= 0.3 is 0 Å². The summed E-state index contributed by atoms with van der Waals surface area (Å²) in [5, 5.41) is 6.47. The normalized spacial score (nSPS) is 12.9. The van der Waals surface area contributed by atoms with E-state index in [-0.39, 0.29) is 0 Å². The maximum Gasteiger partial charge on any atom is 0.226 e. The van der Waals surface area contributed by atoms with E-state index in [1.165, 1.54) is 0 Å². The molecule has 0 saturated heterocycles. The molecule has 116 valence electrons. The minimum Gasteiger partial charge on any atom is -0.354 e. The fourth-order valence-corrected chi connectivity index (χ4v) is 3.35. The largest absolute Gasteiger partial charge is 0.354 e. The lowest BCUT2D eigenvalue weighted by atomic mass is 10.2. The molecule has 1 N–H and O–H groups in total. The zero-order valence-electron chi connectivity index (χ0n) is 13.6.